The number of amides is 1. The molecule has 0 aliphatic rings. The van der Waals surface area contributed by atoms with Crippen LogP contribution >= 0.6 is 11.3 Å². The van der Waals surface area contributed by atoms with Gasteiger partial charge in [0, 0.05) is 12.0 Å². The van der Waals surface area contributed by atoms with Gasteiger partial charge in [-0.15, -0.1) is 11.3 Å². The van der Waals surface area contributed by atoms with Gasteiger partial charge in [-0.05, 0) is 23.6 Å². The molecule has 0 saturated heterocycles. The molecule has 2 N–H and O–H groups in total. The molecule has 0 atom stereocenters. The summed E-state index contributed by atoms with van der Waals surface area (Å²) < 4.78 is 4.74. The van der Waals surface area contributed by atoms with E-state index in [9.17, 15) is 14.7 Å². The molecule has 1 heterocycles. The molecule has 0 radical (unpaired) electrons. The Morgan fingerprint density at radius 3 is 2.50 bits per heavy atom. The van der Waals surface area contributed by atoms with Crippen LogP contribution in [0.25, 0.3) is 10.4 Å². The number of ether oxygens (including phenoxy) is 1. The average molecular weight is 319 g/mol. The molecule has 1 amide bonds. The Hall–Kier alpha value is -2.18. The smallest absolute Gasteiger partial charge is 0.348 e. The summed E-state index contributed by atoms with van der Waals surface area (Å²) in [5, 5.41) is 11.8. The second kappa shape index (κ2) is 7.20. The van der Waals surface area contributed by atoms with Gasteiger partial charge in [0.25, 0.3) is 0 Å². The highest BCUT2D eigenvalue weighted by Gasteiger charge is 2.18. The lowest BCUT2D eigenvalue weighted by Gasteiger charge is -2.02. The molecule has 2 rings (SSSR count). The van der Waals surface area contributed by atoms with Gasteiger partial charge in [-0.1, -0.05) is 31.2 Å². The van der Waals surface area contributed by atoms with Gasteiger partial charge in [0.05, 0.1) is 5.69 Å². The van der Waals surface area contributed by atoms with Crippen molar-refractivity contribution in [1.29, 1.82) is 0 Å². The number of rotatable bonds is 6. The lowest BCUT2D eigenvalue weighted by atomic mass is 10.1. The minimum atomic E-state index is -1.06. The number of anilines is 1. The Balaban J connectivity index is 2.32. The molecule has 0 spiro atoms. The third-order valence-corrected chi connectivity index (χ3v) is 4.29. The molecular formula is C16H17NO4S. The lowest BCUT2D eigenvalue weighted by molar-refractivity contribution is -0.119. The lowest BCUT2D eigenvalue weighted by Crippen LogP contribution is -2.18. The number of hydrogen-bond donors (Lipinski definition) is 2. The zero-order valence-electron chi connectivity index (χ0n) is 12.4. The van der Waals surface area contributed by atoms with Crippen molar-refractivity contribution in [3.05, 3.63) is 40.8 Å². The van der Waals surface area contributed by atoms with Gasteiger partial charge < -0.3 is 15.2 Å². The van der Waals surface area contributed by atoms with Crippen LogP contribution in [0.15, 0.2) is 30.3 Å². The summed E-state index contributed by atoms with van der Waals surface area (Å²) in [4.78, 5) is 23.8. The zero-order valence-corrected chi connectivity index (χ0v) is 13.2. The summed E-state index contributed by atoms with van der Waals surface area (Å²) in [5.74, 6) is -1.44. The van der Waals surface area contributed by atoms with Gasteiger partial charge in [0.15, 0.2) is 0 Å². The molecule has 0 fully saturated rings. The maximum Gasteiger partial charge on any atom is 0.348 e. The molecule has 0 aliphatic carbocycles. The highest BCUT2D eigenvalue weighted by atomic mass is 32.1. The normalized spacial score (nSPS) is 10.5. The first kappa shape index (κ1) is 16.2. The summed E-state index contributed by atoms with van der Waals surface area (Å²) in [6.45, 7) is 1.96. The van der Waals surface area contributed by atoms with Crippen molar-refractivity contribution in [3.63, 3.8) is 0 Å². The monoisotopic (exact) mass is 319 g/mol. The number of carbonyl (C=O) groups excluding carboxylic acids is 1. The minimum absolute atomic E-state index is 0.110. The molecule has 1 aromatic carbocycles. The van der Waals surface area contributed by atoms with Crippen LogP contribution in [0.5, 0.6) is 0 Å². The van der Waals surface area contributed by atoms with Gasteiger partial charge >= 0.3 is 5.97 Å². The zero-order chi connectivity index (χ0) is 16.1. The van der Waals surface area contributed by atoms with E-state index in [0.29, 0.717) is 5.69 Å². The summed E-state index contributed by atoms with van der Waals surface area (Å²) in [6, 6.07) is 9.62. The summed E-state index contributed by atoms with van der Waals surface area (Å²) >= 11 is 1.14. The first-order valence-electron chi connectivity index (χ1n) is 6.80. The number of aromatic carboxylic acids is 1. The third kappa shape index (κ3) is 3.72. The van der Waals surface area contributed by atoms with Crippen LogP contribution in [0, 0.1) is 0 Å². The Kier molecular flexibility index (Phi) is 5.30. The molecule has 22 heavy (non-hydrogen) atoms. The summed E-state index contributed by atoms with van der Waals surface area (Å²) in [5.41, 5.74) is 2.44. The number of carboxylic acid groups (broad SMARTS) is 1. The van der Waals surface area contributed by atoms with Crippen molar-refractivity contribution in [3.8, 4) is 10.4 Å². The van der Waals surface area contributed by atoms with E-state index in [2.05, 4.69) is 12.2 Å². The number of benzene rings is 1. The Bertz CT molecular complexity index is 676. The van der Waals surface area contributed by atoms with E-state index in [1.807, 2.05) is 24.3 Å². The van der Waals surface area contributed by atoms with Crippen molar-refractivity contribution < 1.29 is 19.4 Å². The fourth-order valence-corrected chi connectivity index (χ4v) is 2.96. The molecule has 0 aliphatic heterocycles. The average Bonchev–Trinajstić information content (AvgIpc) is 2.91. The molecule has 0 unspecified atom stereocenters. The number of methoxy groups -OCH3 is 1. The first-order chi connectivity index (χ1) is 10.5. The molecular weight excluding hydrogens is 302 g/mol. The summed E-state index contributed by atoms with van der Waals surface area (Å²) in [6.07, 6.45) is 0.948. The molecule has 5 nitrogen and oxygen atoms in total. The number of hydrogen-bond acceptors (Lipinski definition) is 4. The highest BCUT2D eigenvalue weighted by Crippen LogP contribution is 2.35. The topological polar surface area (TPSA) is 75.6 Å². The minimum Gasteiger partial charge on any atom is -0.477 e. The predicted octanol–water partition coefficient (Wildman–Crippen LogP) is 3.26. The number of carboxylic acids is 1. The van der Waals surface area contributed by atoms with Crippen LogP contribution in [0.1, 0.15) is 22.2 Å². The van der Waals surface area contributed by atoms with E-state index in [0.717, 1.165) is 28.2 Å². The molecule has 0 bridgehead atoms. The highest BCUT2D eigenvalue weighted by molar-refractivity contribution is 7.18. The van der Waals surface area contributed by atoms with Crippen molar-refractivity contribution >= 4 is 28.9 Å². The van der Waals surface area contributed by atoms with E-state index >= 15 is 0 Å². The molecule has 6 heteroatoms. The SMILES string of the molecule is CCc1ccc(-c2cc(NC(=O)COC)c(C(=O)O)s2)cc1. The first-order valence-corrected chi connectivity index (χ1v) is 7.62. The maximum absolute atomic E-state index is 11.6. The Morgan fingerprint density at radius 1 is 1.27 bits per heavy atom. The van der Waals surface area contributed by atoms with E-state index in [-0.39, 0.29) is 17.4 Å². The van der Waals surface area contributed by atoms with Crippen LogP contribution in [-0.4, -0.2) is 30.7 Å². The van der Waals surface area contributed by atoms with Crippen LogP contribution in [0.2, 0.25) is 0 Å². The second-order valence-corrected chi connectivity index (χ2v) is 5.74. The molecule has 0 saturated carbocycles. The Labute approximate surface area is 132 Å². The van der Waals surface area contributed by atoms with Gasteiger partial charge in [0.2, 0.25) is 5.91 Å². The summed E-state index contributed by atoms with van der Waals surface area (Å²) in [7, 11) is 1.41. The molecule has 116 valence electrons. The van der Waals surface area contributed by atoms with Crippen molar-refractivity contribution in [2.45, 2.75) is 13.3 Å². The predicted molar refractivity (Wildman–Crippen MR) is 86.6 cm³/mol. The molecule has 2 aromatic rings. The fourth-order valence-electron chi connectivity index (χ4n) is 2.01. The van der Waals surface area contributed by atoms with Crippen molar-refractivity contribution in [1.82, 2.24) is 0 Å². The van der Waals surface area contributed by atoms with Gasteiger partial charge in [-0.2, -0.15) is 0 Å². The van der Waals surface area contributed by atoms with Crippen LogP contribution in [0.4, 0.5) is 5.69 Å². The maximum atomic E-state index is 11.6. The largest absolute Gasteiger partial charge is 0.477 e. The number of thiophene rings is 1. The van der Waals surface area contributed by atoms with Crippen LogP contribution in [-0.2, 0) is 16.0 Å². The van der Waals surface area contributed by atoms with Gasteiger partial charge in [-0.3, -0.25) is 4.79 Å². The van der Waals surface area contributed by atoms with Gasteiger partial charge in [0.1, 0.15) is 11.5 Å². The molecule has 1 aromatic heterocycles. The third-order valence-electron chi connectivity index (χ3n) is 3.12. The van der Waals surface area contributed by atoms with Crippen LogP contribution in [0.3, 0.4) is 0 Å². The quantitative estimate of drug-likeness (QED) is 0.857. The van der Waals surface area contributed by atoms with E-state index in [1.165, 1.54) is 12.7 Å². The van der Waals surface area contributed by atoms with E-state index in [1.54, 1.807) is 6.07 Å². The van der Waals surface area contributed by atoms with Crippen molar-refractivity contribution in [2.75, 3.05) is 19.0 Å². The Morgan fingerprint density at radius 2 is 1.95 bits per heavy atom. The van der Waals surface area contributed by atoms with E-state index < -0.39 is 5.97 Å². The fraction of sp³-hybridized carbons (Fsp3) is 0.250. The van der Waals surface area contributed by atoms with Crippen LogP contribution < -0.4 is 5.32 Å². The van der Waals surface area contributed by atoms with Crippen molar-refractivity contribution in [2.24, 2.45) is 0 Å². The second-order valence-electron chi connectivity index (χ2n) is 4.69. The van der Waals surface area contributed by atoms with E-state index in [4.69, 9.17) is 4.74 Å². The number of aryl methyl sites for hydroxylation is 1. The van der Waals surface area contributed by atoms with Gasteiger partial charge in [-0.25, -0.2) is 4.79 Å². The number of nitrogens with one attached hydrogen (secondary N) is 1. The standard InChI is InChI=1S/C16H17NO4S/c1-3-10-4-6-11(7-5-10)13-8-12(15(22-13)16(19)20)17-14(18)9-21-2/h4-8H,3,9H2,1-2H3,(H,17,18)(H,19,20). The number of carbonyl (C=O) groups is 2.